The maximum absolute atomic E-state index is 13.9. The van der Waals surface area contributed by atoms with E-state index >= 15 is 0 Å². The van der Waals surface area contributed by atoms with E-state index in [0.29, 0.717) is 43.1 Å². The number of aromatic amines is 1. The number of nitrogens with one attached hydrogen (secondary N) is 1. The predicted octanol–water partition coefficient (Wildman–Crippen LogP) is 0.820. The summed E-state index contributed by atoms with van der Waals surface area (Å²) in [5, 5.41) is 25.5. The van der Waals surface area contributed by atoms with Gasteiger partial charge in [-0.25, -0.2) is 4.39 Å². The molecule has 2 atom stereocenters. The number of aromatic nitrogens is 2. The van der Waals surface area contributed by atoms with Crippen molar-refractivity contribution >= 4 is 5.91 Å². The van der Waals surface area contributed by atoms with E-state index < -0.39 is 5.82 Å². The highest BCUT2D eigenvalue weighted by Crippen LogP contribution is 2.26. The average Bonchev–Trinajstić information content (AvgIpc) is 3.29. The number of aliphatic hydroxyl groups is 2. The first-order valence-electron chi connectivity index (χ1n) is 9.03. The maximum Gasteiger partial charge on any atom is 0.271 e. The van der Waals surface area contributed by atoms with Gasteiger partial charge in [-0.15, -0.1) is 0 Å². The van der Waals surface area contributed by atoms with Crippen molar-refractivity contribution < 1.29 is 19.4 Å². The molecule has 0 saturated carbocycles. The van der Waals surface area contributed by atoms with Crippen LogP contribution >= 0.6 is 0 Å². The number of carbonyl (C=O) groups excluding carboxylic acids is 1. The summed E-state index contributed by atoms with van der Waals surface area (Å²) in [6, 6.07) is 7.84. The highest BCUT2D eigenvalue weighted by atomic mass is 19.1. The number of nitrogens with zero attached hydrogens (tertiary/aromatic N) is 3. The van der Waals surface area contributed by atoms with Crippen molar-refractivity contribution in [2.45, 2.75) is 0 Å². The van der Waals surface area contributed by atoms with Crippen LogP contribution in [0.25, 0.3) is 11.3 Å². The lowest BCUT2D eigenvalue weighted by Gasteiger charge is -2.22. The molecule has 2 aromatic rings. The van der Waals surface area contributed by atoms with Gasteiger partial charge >= 0.3 is 0 Å². The quantitative estimate of drug-likeness (QED) is 0.665. The fraction of sp³-hybridized carbons (Fsp3) is 0.474. The molecule has 0 spiro atoms. The van der Waals surface area contributed by atoms with E-state index in [2.05, 4.69) is 10.2 Å². The molecule has 0 bridgehead atoms. The minimum absolute atomic E-state index is 0.00483. The number of carbonyl (C=O) groups is 1. The van der Waals surface area contributed by atoms with Crippen molar-refractivity contribution in [2.24, 2.45) is 11.8 Å². The number of amides is 1. The Morgan fingerprint density at radius 2 is 2.07 bits per heavy atom. The van der Waals surface area contributed by atoms with Crippen LogP contribution in [0, 0.1) is 17.7 Å². The highest BCUT2D eigenvalue weighted by molar-refractivity contribution is 5.93. The van der Waals surface area contributed by atoms with Gasteiger partial charge in [0.25, 0.3) is 5.91 Å². The third-order valence-corrected chi connectivity index (χ3v) is 5.08. The van der Waals surface area contributed by atoms with E-state index in [9.17, 15) is 14.3 Å². The highest BCUT2D eigenvalue weighted by Gasteiger charge is 2.36. The minimum atomic E-state index is -0.392. The summed E-state index contributed by atoms with van der Waals surface area (Å²) in [6.07, 6.45) is 0. The molecule has 1 aliphatic rings. The number of benzene rings is 1. The van der Waals surface area contributed by atoms with Gasteiger partial charge in [-0.05, 0) is 31.2 Å². The van der Waals surface area contributed by atoms with Crippen LogP contribution in [0.2, 0.25) is 0 Å². The number of halogens is 1. The minimum Gasteiger partial charge on any atom is -0.396 e. The summed E-state index contributed by atoms with van der Waals surface area (Å²) < 4.78 is 13.9. The molecule has 1 aromatic heterocycles. The molecule has 8 heteroatoms. The van der Waals surface area contributed by atoms with Crippen molar-refractivity contribution in [3.8, 4) is 11.3 Å². The van der Waals surface area contributed by atoms with Gasteiger partial charge in [0.15, 0.2) is 0 Å². The van der Waals surface area contributed by atoms with Crippen molar-refractivity contribution in [3.63, 3.8) is 0 Å². The van der Waals surface area contributed by atoms with Gasteiger partial charge in [0.1, 0.15) is 11.5 Å². The van der Waals surface area contributed by atoms with E-state index in [0.717, 1.165) is 0 Å². The number of H-pyrrole nitrogens is 1. The Labute approximate surface area is 157 Å². The molecular weight excluding hydrogens is 351 g/mol. The summed E-state index contributed by atoms with van der Waals surface area (Å²) >= 11 is 0. The molecule has 3 rings (SSSR count). The van der Waals surface area contributed by atoms with Crippen LogP contribution in [0.15, 0.2) is 30.3 Å². The van der Waals surface area contributed by atoms with E-state index in [1.807, 2.05) is 11.9 Å². The summed E-state index contributed by atoms with van der Waals surface area (Å²) in [4.78, 5) is 16.5. The molecule has 2 unspecified atom stereocenters. The Morgan fingerprint density at radius 3 is 2.78 bits per heavy atom. The summed E-state index contributed by atoms with van der Waals surface area (Å²) in [6.45, 7) is 2.30. The first-order valence-corrected chi connectivity index (χ1v) is 9.03. The van der Waals surface area contributed by atoms with Crippen molar-refractivity contribution in [1.82, 2.24) is 20.0 Å². The van der Waals surface area contributed by atoms with Gasteiger partial charge in [0, 0.05) is 44.3 Å². The predicted molar refractivity (Wildman–Crippen MR) is 98.5 cm³/mol. The Kier molecular flexibility index (Phi) is 6.20. The lowest BCUT2D eigenvalue weighted by Crippen LogP contribution is -2.33. The number of hydrogen-bond acceptors (Lipinski definition) is 5. The molecule has 0 aliphatic carbocycles. The van der Waals surface area contributed by atoms with E-state index in [1.165, 1.54) is 6.07 Å². The molecule has 1 fully saturated rings. The van der Waals surface area contributed by atoms with Gasteiger partial charge in [-0.2, -0.15) is 5.10 Å². The molecular formula is C19H25FN4O3. The first-order chi connectivity index (χ1) is 13.0. The van der Waals surface area contributed by atoms with Crippen molar-refractivity contribution in [3.05, 3.63) is 41.8 Å². The molecule has 0 radical (unpaired) electrons. The van der Waals surface area contributed by atoms with E-state index in [4.69, 9.17) is 5.11 Å². The molecule has 27 heavy (non-hydrogen) atoms. The largest absolute Gasteiger partial charge is 0.396 e. The van der Waals surface area contributed by atoms with Gasteiger partial charge in [0.2, 0.25) is 0 Å². The zero-order valence-electron chi connectivity index (χ0n) is 15.3. The van der Waals surface area contributed by atoms with Crippen LogP contribution in [0.5, 0.6) is 0 Å². The number of likely N-dealkylation sites (tertiary alicyclic amines) is 1. The Hall–Kier alpha value is -2.29. The number of aliphatic hydroxyl groups excluding tert-OH is 2. The zero-order valence-corrected chi connectivity index (χ0v) is 15.3. The summed E-state index contributed by atoms with van der Waals surface area (Å²) in [5.41, 5.74) is 1.02. The third-order valence-electron chi connectivity index (χ3n) is 5.08. The van der Waals surface area contributed by atoms with Crippen LogP contribution in [0.1, 0.15) is 10.5 Å². The third kappa shape index (κ3) is 4.35. The van der Waals surface area contributed by atoms with Gasteiger partial charge < -0.3 is 20.0 Å². The van der Waals surface area contributed by atoms with E-state index in [1.54, 1.807) is 29.2 Å². The van der Waals surface area contributed by atoms with Crippen molar-refractivity contribution in [2.75, 3.05) is 46.4 Å². The fourth-order valence-electron chi connectivity index (χ4n) is 3.59. The fourth-order valence-corrected chi connectivity index (χ4v) is 3.59. The number of hydrogen-bond donors (Lipinski definition) is 3. The zero-order chi connectivity index (χ0) is 19.4. The molecule has 2 heterocycles. The normalized spacial score (nSPS) is 19.8. The molecule has 7 nitrogen and oxygen atoms in total. The van der Waals surface area contributed by atoms with Gasteiger partial charge in [-0.3, -0.25) is 9.89 Å². The van der Waals surface area contributed by atoms with Gasteiger partial charge in [0.05, 0.1) is 12.3 Å². The van der Waals surface area contributed by atoms with E-state index in [-0.39, 0.29) is 31.0 Å². The van der Waals surface area contributed by atoms with Crippen LogP contribution in [0.4, 0.5) is 4.39 Å². The monoisotopic (exact) mass is 376 g/mol. The smallest absolute Gasteiger partial charge is 0.271 e. The Balaban J connectivity index is 1.70. The summed E-state index contributed by atoms with van der Waals surface area (Å²) in [7, 11) is 1.91. The van der Waals surface area contributed by atoms with Gasteiger partial charge in [-0.1, -0.05) is 12.1 Å². The second-order valence-corrected chi connectivity index (χ2v) is 7.05. The molecule has 1 aliphatic heterocycles. The topological polar surface area (TPSA) is 92.7 Å². The summed E-state index contributed by atoms with van der Waals surface area (Å²) in [5.74, 6) is -0.485. The van der Waals surface area contributed by atoms with Crippen LogP contribution < -0.4 is 0 Å². The lowest BCUT2D eigenvalue weighted by atomic mass is 9.96. The Bertz CT molecular complexity index is 782. The molecule has 1 amide bonds. The molecule has 146 valence electrons. The second-order valence-electron chi connectivity index (χ2n) is 7.05. The lowest BCUT2D eigenvalue weighted by molar-refractivity contribution is 0.0773. The van der Waals surface area contributed by atoms with Crippen LogP contribution in [-0.2, 0) is 0 Å². The van der Waals surface area contributed by atoms with Crippen LogP contribution in [0.3, 0.4) is 0 Å². The number of rotatable bonds is 7. The molecule has 1 saturated heterocycles. The Morgan fingerprint density at radius 1 is 1.33 bits per heavy atom. The molecule has 3 N–H and O–H groups in total. The second kappa shape index (κ2) is 8.60. The average molecular weight is 376 g/mol. The number of likely N-dealkylation sites (N-methyl/N-ethyl adjacent to an activating group) is 1. The molecule has 1 aromatic carbocycles. The van der Waals surface area contributed by atoms with Crippen LogP contribution in [-0.4, -0.2) is 82.6 Å². The maximum atomic E-state index is 13.9. The standard InChI is InChI=1S/C19H25FN4O3/c1-23(6-7-25)9-13-10-24(11-14(13)12-26)19(27)18-8-17(21-22-18)15-4-2-3-5-16(15)20/h2-5,8,13-14,25-26H,6-7,9-12H2,1H3,(H,21,22). The first kappa shape index (κ1) is 19.5. The SMILES string of the molecule is CN(CCO)CC1CN(C(=O)c2cc(-c3ccccc3F)n[nH]2)CC1CO. The van der Waals surface area contributed by atoms with Crippen molar-refractivity contribution in [1.29, 1.82) is 0 Å².